The van der Waals surface area contributed by atoms with E-state index in [1.807, 2.05) is 35.2 Å². The van der Waals surface area contributed by atoms with Crippen LogP contribution in [0.3, 0.4) is 0 Å². The molecule has 1 heterocycles. The summed E-state index contributed by atoms with van der Waals surface area (Å²) in [5.74, 6) is -1.81. The van der Waals surface area contributed by atoms with Crippen molar-refractivity contribution in [3.05, 3.63) is 71.3 Å². The van der Waals surface area contributed by atoms with Crippen LogP contribution < -0.4 is 5.73 Å². The molecule has 1 amide bonds. The van der Waals surface area contributed by atoms with Crippen LogP contribution in [0.5, 0.6) is 0 Å². The summed E-state index contributed by atoms with van der Waals surface area (Å²) >= 11 is 0. The number of amides is 1. The van der Waals surface area contributed by atoms with Crippen molar-refractivity contribution in [1.29, 1.82) is 0 Å². The first-order valence-electron chi connectivity index (χ1n) is 10.6. The summed E-state index contributed by atoms with van der Waals surface area (Å²) in [6, 6.07) is 12.2. The van der Waals surface area contributed by atoms with E-state index in [-0.39, 0.29) is 18.2 Å². The number of piperidine rings is 1. The molecular formula is C24H30F2N2O2. The number of carbonyl (C=O) groups is 1. The molecule has 0 radical (unpaired) electrons. The molecule has 0 aromatic heterocycles. The van der Waals surface area contributed by atoms with E-state index >= 15 is 0 Å². The van der Waals surface area contributed by atoms with Gasteiger partial charge in [0.2, 0.25) is 5.91 Å². The van der Waals surface area contributed by atoms with Crippen molar-refractivity contribution < 1.29 is 18.7 Å². The van der Waals surface area contributed by atoms with Gasteiger partial charge >= 0.3 is 0 Å². The van der Waals surface area contributed by atoms with E-state index in [0.29, 0.717) is 25.1 Å². The second-order valence-corrected chi connectivity index (χ2v) is 8.34. The second kappa shape index (κ2) is 10.1. The van der Waals surface area contributed by atoms with E-state index in [4.69, 9.17) is 5.73 Å². The minimum atomic E-state index is -1.08. The van der Waals surface area contributed by atoms with Gasteiger partial charge < -0.3 is 15.7 Å². The lowest BCUT2D eigenvalue weighted by Gasteiger charge is -2.40. The molecule has 162 valence electrons. The number of halogens is 2. The van der Waals surface area contributed by atoms with Gasteiger partial charge in [-0.05, 0) is 48.4 Å². The third-order valence-corrected chi connectivity index (χ3v) is 5.85. The lowest BCUT2D eigenvalue weighted by Crippen LogP contribution is -2.53. The van der Waals surface area contributed by atoms with E-state index in [1.54, 1.807) is 0 Å². The number of benzene rings is 2. The standard InChI is InChI=1S/C24H30F2N2O2/c1-2-6-17-11-21(24(30)28(15-17)14-16-7-4-3-5-8-16)23(29)22(27)12-18-9-19(25)13-20(26)10-18/h3-5,7-10,13,17,21-23,29H,2,6,11-12,14-15,27H2,1H3/t17-,21?,22+,23-/m1/s1. The molecular weight excluding hydrogens is 386 g/mol. The van der Waals surface area contributed by atoms with E-state index < -0.39 is 29.7 Å². The second-order valence-electron chi connectivity index (χ2n) is 8.34. The molecule has 1 aliphatic heterocycles. The Hall–Kier alpha value is -2.31. The molecule has 0 bridgehead atoms. The molecule has 30 heavy (non-hydrogen) atoms. The summed E-state index contributed by atoms with van der Waals surface area (Å²) in [6.45, 7) is 3.26. The monoisotopic (exact) mass is 416 g/mol. The van der Waals surface area contributed by atoms with Gasteiger partial charge in [-0.3, -0.25) is 4.79 Å². The average molecular weight is 417 g/mol. The maximum atomic E-state index is 13.5. The highest BCUT2D eigenvalue weighted by Crippen LogP contribution is 2.31. The first-order valence-corrected chi connectivity index (χ1v) is 10.6. The fraction of sp³-hybridized carbons (Fsp3) is 0.458. The van der Waals surface area contributed by atoms with Crippen LogP contribution in [0.2, 0.25) is 0 Å². The maximum Gasteiger partial charge on any atom is 0.228 e. The molecule has 3 rings (SSSR count). The van der Waals surface area contributed by atoms with E-state index in [9.17, 15) is 18.7 Å². The topological polar surface area (TPSA) is 66.6 Å². The lowest BCUT2D eigenvalue weighted by atomic mass is 9.80. The molecule has 6 heteroatoms. The molecule has 1 aliphatic rings. The average Bonchev–Trinajstić information content (AvgIpc) is 2.70. The van der Waals surface area contributed by atoms with Gasteiger partial charge in [0.1, 0.15) is 11.6 Å². The zero-order valence-corrected chi connectivity index (χ0v) is 17.3. The molecule has 1 unspecified atom stereocenters. The van der Waals surface area contributed by atoms with Crippen LogP contribution in [0.25, 0.3) is 0 Å². The van der Waals surface area contributed by atoms with Gasteiger partial charge in [-0.15, -0.1) is 0 Å². The van der Waals surface area contributed by atoms with Crippen LogP contribution in [-0.2, 0) is 17.8 Å². The fourth-order valence-corrected chi connectivity index (χ4v) is 4.44. The van der Waals surface area contributed by atoms with Gasteiger partial charge in [0, 0.05) is 25.2 Å². The van der Waals surface area contributed by atoms with Crippen molar-refractivity contribution in [3.8, 4) is 0 Å². The molecule has 1 saturated heterocycles. The van der Waals surface area contributed by atoms with Crippen LogP contribution in [0.15, 0.2) is 48.5 Å². The van der Waals surface area contributed by atoms with Gasteiger partial charge in [0.05, 0.1) is 12.0 Å². The Morgan fingerprint density at radius 1 is 1.13 bits per heavy atom. The van der Waals surface area contributed by atoms with Gasteiger partial charge in [-0.2, -0.15) is 0 Å². The van der Waals surface area contributed by atoms with Crippen LogP contribution in [0.4, 0.5) is 8.78 Å². The van der Waals surface area contributed by atoms with E-state index in [0.717, 1.165) is 24.5 Å². The first-order chi connectivity index (χ1) is 14.4. The molecule has 0 aliphatic carbocycles. The van der Waals surface area contributed by atoms with Gasteiger partial charge in [-0.25, -0.2) is 8.78 Å². The summed E-state index contributed by atoms with van der Waals surface area (Å²) in [6.07, 6.45) is 1.55. The smallest absolute Gasteiger partial charge is 0.228 e. The summed E-state index contributed by atoms with van der Waals surface area (Å²) in [4.78, 5) is 15.0. The number of hydrogen-bond donors (Lipinski definition) is 2. The summed E-state index contributed by atoms with van der Waals surface area (Å²) in [5, 5.41) is 10.9. The number of aliphatic hydroxyl groups is 1. The molecule has 3 N–H and O–H groups in total. The van der Waals surface area contributed by atoms with Crippen molar-refractivity contribution >= 4 is 5.91 Å². The van der Waals surface area contributed by atoms with E-state index in [1.165, 1.54) is 12.1 Å². The van der Waals surface area contributed by atoms with Crippen LogP contribution >= 0.6 is 0 Å². The van der Waals surface area contributed by atoms with Crippen molar-refractivity contribution in [3.63, 3.8) is 0 Å². The largest absolute Gasteiger partial charge is 0.391 e. The molecule has 0 spiro atoms. The predicted octanol–water partition coefficient (Wildman–Crippen LogP) is 3.66. The summed E-state index contributed by atoms with van der Waals surface area (Å²) < 4.78 is 27.0. The summed E-state index contributed by atoms with van der Waals surface area (Å²) in [5.41, 5.74) is 7.60. The Bertz CT molecular complexity index is 826. The van der Waals surface area contributed by atoms with Crippen LogP contribution in [0, 0.1) is 23.5 Å². The summed E-state index contributed by atoms with van der Waals surface area (Å²) in [7, 11) is 0. The van der Waals surface area contributed by atoms with Crippen molar-refractivity contribution in [2.75, 3.05) is 6.54 Å². The molecule has 0 saturated carbocycles. The minimum Gasteiger partial charge on any atom is -0.391 e. The van der Waals surface area contributed by atoms with Gasteiger partial charge in [0.15, 0.2) is 0 Å². The van der Waals surface area contributed by atoms with Gasteiger partial charge in [-0.1, -0.05) is 43.7 Å². The molecule has 2 aromatic rings. The zero-order valence-electron chi connectivity index (χ0n) is 17.3. The van der Waals surface area contributed by atoms with Crippen LogP contribution in [-0.4, -0.2) is 34.6 Å². The molecule has 2 aromatic carbocycles. The quantitative estimate of drug-likeness (QED) is 0.690. The number of carbonyl (C=O) groups excluding carboxylic acids is 1. The number of hydrogen-bond acceptors (Lipinski definition) is 3. The Morgan fingerprint density at radius 2 is 1.80 bits per heavy atom. The number of nitrogens with zero attached hydrogens (tertiary/aromatic N) is 1. The van der Waals surface area contributed by atoms with Crippen LogP contribution in [0.1, 0.15) is 37.3 Å². The lowest BCUT2D eigenvalue weighted by molar-refractivity contribution is -0.146. The predicted molar refractivity (Wildman–Crippen MR) is 112 cm³/mol. The number of rotatable bonds is 8. The zero-order chi connectivity index (χ0) is 21.7. The van der Waals surface area contributed by atoms with Crippen molar-refractivity contribution in [2.24, 2.45) is 17.6 Å². The Balaban J connectivity index is 1.74. The van der Waals surface area contributed by atoms with Crippen molar-refractivity contribution in [1.82, 2.24) is 4.90 Å². The number of nitrogens with two attached hydrogens (primary N) is 1. The highest BCUT2D eigenvalue weighted by atomic mass is 19.1. The maximum absolute atomic E-state index is 13.5. The Kier molecular flexibility index (Phi) is 7.56. The highest BCUT2D eigenvalue weighted by molar-refractivity contribution is 5.80. The third kappa shape index (κ3) is 5.64. The number of likely N-dealkylation sites (tertiary alicyclic amines) is 1. The SMILES string of the molecule is CCC[C@@H]1CC([C@@H](O)[C@@H](N)Cc2cc(F)cc(F)c2)C(=O)N(Cc2ccccc2)C1. The van der Waals surface area contributed by atoms with Gasteiger partial charge in [0.25, 0.3) is 0 Å². The third-order valence-electron chi connectivity index (χ3n) is 5.85. The Morgan fingerprint density at radius 3 is 2.43 bits per heavy atom. The number of aliphatic hydroxyl groups excluding tert-OH is 1. The van der Waals surface area contributed by atoms with E-state index in [2.05, 4.69) is 6.92 Å². The van der Waals surface area contributed by atoms with Crippen molar-refractivity contribution in [2.45, 2.75) is 51.3 Å². The molecule has 1 fully saturated rings. The highest BCUT2D eigenvalue weighted by Gasteiger charge is 2.40. The normalized spacial score (nSPS) is 21.5. The molecule has 4 nitrogen and oxygen atoms in total. The molecule has 4 atom stereocenters. The Labute approximate surface area is 176 Å². The fourth-order valence-electron chi connectivity index (χ4n) is 4.44. The minimum absolute atomic E-state index is 0.0940. The first kappa shape index (κ1) is 22.4.